The third-order valence-corrected chi connectivity index (χ3v) is 10.3. The number of aromatic nitrogens is 2. The summed E-state index contributed by atoms with van der Waals surface area (Å²) < 4.78 is 17.1. The van der Waals surface area contributed by atoms with Gasteiger partial charge in [-0.1, -0.05) is 221 Å². The van der Waals surface area contributed by atoms with Crippen molar-refractivity contribution in [1.29, 1.82) is 0 Å². The SMILES string of the molecule is CC.CC.CC(=O)c1ccc(-c2ccccc2)cc1.CSc1nc(-c2ccccc2)c(-c2ccccc2)o1.Cc1ccc(-c2cc[c-]cc2)o1.Cc1nc(-c2ccccc2)c(-c2ccccc2)o1.[CH3-].[CH3-].[CH3-].[CH3-].[CH3-].[CH3-].[CH3-].[CH3-].[CH3-].[CH3-].[CH3-].[CH3-].[CH3-].[Y].[Y].[Y].[Y].[Y].[Y].[Y].[Y].[Y].[Y].[Y].[Y].[Y].[Y].[Y].[Y].[Y].[Y].[Y].[Y].[Y].[Y].[Y].[Y].[Y].[Y].[Y].[Y].[Y].[Y].[Y].[Y].[Y].[Y]. The third kappa shape index (κ3) is 127. The van der Waals surface area contributed by atoms with Gasteiger partial charge in [-0.25, -0.2) is 9.97 Å². The van der Waals surface area contributed by atoms with Crippen molar-refractivity contribution in [2.45, 2.75) is 53.7 Å². The summed E-state index contributed by atoms with van der Waals surface area (Å²) in [6.45, 7) is 13.4. The monoisotopic (exact) mass is 4130 g/mol. The number of benzene rings is 7. The minimum Gasteiger partial charge on any atom is -0.464 e. The molecule has 6 nitrogen and oxygen atoms in total. The molecule has 0 fully saturated rings. The molecule has 41 heteroatoms. The number of carbonyl (C=O) groups is 1. The first kappa shape index (κ1) is 289. The topological polar surface area (TPSA) is 82.3 Å². The van der Waals surface area contributed by atoms with E-state index in [1.165, 1.54) is 17.3 Å². The zero-order valence-electron chi connectivity index (χ0n) is 72.8. The van der Waals surface area contributed by atoms with Crippen LogP contribution < -0.4 is 0 Å². The Labute approximate surface area is 1570 Å². The zero-order chi connectivity index (χ0) is 48.5. The number of nitrogens with zero attached hydrogens (tertiary/aromatic N) is 2. The van der Waals surface area contributed by atoms with Crippen LogP contribution in [-0.4, -0.2) is 22.0 Å². The van der Waals surface area contributed by atoms with E-state index in [-0.39, 0.29) is 1210 Å². The predicted octanol–water partition coefficient (Wildman–Crippen LogP) is 23.5. The van der Waals surface area contributed by atoms with Gasteiger partial charge in [-0.2, -0.15) is 30.3 Å². The number of oxazole rings is 2. The van der Waals surface area contributed by atoms with Gasteiger partial charge >= 0.3 is 0 Å². The Morgan fingerprint density at radius 1 is 0.278 bits per heavy atom. The van der Waals surface area contributed by atoms with E-state index in [0.717, 1.165) is 73.4 Å². The summed E-state index contributed by atoms with van der Waals surface area (Å²) in [4.78, 5) is 20.2. The molecule has 3 aromatic heterocycles. The molecule has 0 saturated heterocycles. The van der Waals surface area contributed by atoms with Crippen LogP contribution in [0.1, 0.15) is 56.6 Å². The van der Waals surface area contributed by atoms with Crippen molar-refractivity contribution in [2.75, 3.05) is 6.26 Å². The number of aryl methyl sites for hydroxylation is 2. The molecule has 10 aromatic rings. The Bertz CT molecular complexity index is 2920. The number of thioether (sulfide) groups is 1. The van der Waals surface area contributed by atoms with Crippen molar-refractivity contribution < 1.29 is 1130 Å². The van der Waals surface area contributed by atoms with Crippen molar-refractivity contribution in [3.05, 3.63) is 332 Å². The standard InChI is InChI=1S/C16H13NOS.C16H13NO.C14H12O.C11H9O.2C2H6.13CH3.34Y/c1-19-16-17-14(12-8-4-2-5-9-12)15(18-16)13-10-6-3-7-11-13;1-12-17-15(13-8-4-2-5-9-13)16(18-12)14-10-6-3-7-11-14;1-11(15)12-7-9-14(10-8-12)13-5-3-2-4-6-13;1-9-7-8-11(12-9)10-5-3-2-4-6-10;2*1-2;;;;;;;;;;;;;;;;;;;;;;;;;;;;;;;;;;;;;;;;;;;;;;;/h2-11H,1H3;2-11H,1H3;2-10H,1H3;3-8H,1H3;2*1-2H3;13*1H3;;;;;;;;;;;;;;;;;;;;;;;;;;;;;;;;;;/q;;;-1;;;13*-1;;;;;;;;;;;;;;;;;;;;;;;;;;;;;;;;;;. The largest absolute Gasteiger partial charge is 0.464 e. The maximum atomic E-state index is 11.1. The summed E-state index contributed by atoms with van der Waals surface area (Å²) >= 11 is 1.52. The number of rotatable bonds is 8. The van der Waals surface area contributed by atoms with Gasteiger partial charge in [0.25, 0.3) is 5.22 Å². The quantitative estimate of drug-likeness (QED) is 0.0851. The molecule has 0 aliphatic rings. The van der Waals surface area contributed by atoms with Crippen LogP contribution in [0.3, 0.4) is 0 Å². The van der Waals surface area contributed by atoms with E-state index >= 15 is 0 Å². The molecule has 34 radical (unpaired) electrons. The van der Waals surface area contributed by atoms with Crippen molar-refractivity contribution in [2.24, 2.45) is 0 Å². The van der Waals surface area contributed by atoms with Crippen molar-refractivity contribution >= 4 is 17.5 Å². The van der Waals surface area contributed by atoms with Crippen molar-refractivity contribution in [3.63, 3.8) is 0 Å². The molecule has 0 unspecified atom stereocenters. The van der Waals surface area contributed by atoms with Gasteiger partial charge in [0.15, 0.2) is 23.2 Å². The first-order valence-corrected chi connectivity index (χ1v) is 24.0. The molecule has 0 bridgehead atoms. The first-order valence-electron chi connectivity index (χ1n) is 22.8. The van der Waals surface area contributed by atoms with E-state index in [1.807, 2.05) is 236 Å². The predicted molar refractivity (Wildman–Crippen MR) is 367 cm³/mol. The van der Waals surface area contributed by atoms with E-state index in [2.05, 4.69) is 40.3 Å². The molecular formula is C74H98N2O4SY34-14. The molecule has 0 aliphatic carbocycles. The summed E-state index contributed by atoms with van der Waals surface area (Å²) in [6, 6.07) is 72.8. The molecule has 0 spiro atoms. The van der Waals surface area contributed by atoms with Gasteiger partial charge in [0.05, 0.1) is 0 Å². The summed E-state index contributed by atoms with van der Waals surface area (Å²) in [5, 5.41) is 0.692. The number of furan rings is 1. The summed E-state index contributed by atoms with van der Waals surface area (Å²) in [7, 11) is 0. The fourth-order valence-electron chi connectivity index (χ4n) is 6.64. The molecule has 550 valence electrons. The number of Topliss-reactive ketones (excluding diaryl/α,β-unsaturated/α-hetero) is 1. The van der Waals surface area contributed by atoms with Crippen LogP contribution in [0, 0.1) is 116 Å². The third-order valence-electron chi connectivity index (χ3n) is 9.82. The van der Waals surface area contributed by atoms with Gasteiger partial charge in [0, 0.05) is 1150 Å². The minimum atomic E-state index is 0. The molecule has 3 heterocycles. The normalized spacial score (nSPS) is 5.84. The molecule has 0 atom stereocenters. The number of hydrogen-bond acceptors (Lipinski definition) is 7. The van der Waals surface area contributed by atoms with Crippen LogP contribution >= 0.6 is 11.8 Å². The second-order valence-electron chi connectivity index (χ2n) is 14.4. The van der Waals surface area contributed by atoms with Crippen LogP contribution in [0.15, 0.2) is 231 Å². The van der Waals surface area contributed by atoms with Gasteiger partial charge in [0.1, 0.15) is 22.9 Å². The average Bonchev–Trinajstić information content (AvgIpc) is 1.66. The smallest absolute Gasteiger partial charge is 0.256 e. The summed E-state index contributed by atoms with van der Waals surface area (Å²) in [6.07, 6.45) is 1.97. The Hall–Kier alpha value is 29.8. The second-order valence-corrected chi connectivity index (χ2v) is 15.2. The fourth-order valence-corrected chi connectivity index (χ4v) is 6.99. The van der Waals surface area contributed by atoms with E-state index in [0.29, 0.717) is 11.1 Å². The van der Waals surface area contributed by atoms with Gasteiger partial charge < -0.3 is 110 Å². The average molecular weight is 4130 g/mol. The molecule has 0 aliphatic heterocycles. The van der Waals surface area contributed by atoms with Crippen LogP contribution in [0.4, 0.5) is 0 Å². The molecule has 115 heavy (non-hydrogen) atoms. The van der Waals surface area contributed by atoms with Crippen LogP contribution in [0.25, 0.3) is 67.6 Å². The van der Waals surface area contributed by atoms with Gasteiger partial charge in [-0.05, 0) is 43.4 Å². The van der Waals surface area contributed by atoms with Gasteiger partial charge in [-0.3, -0.25) is 4.79 Å². The first-order chi connectivity index (χ1) is 33.4. The van der Waals surface area contributed by atoms with E-state index in [1.54, 1.807) is 6.92 Å². The molecule has 10 rings (SSSR count). The zero-order valence-corrected chi connectivity index (χ0v) is 170. The summed E-state index contributed by atoms with van der Waals surface area (Å²) in [5.74, 6) is 4.32. The molecule has 0 saturated carbocycles. The van der Waals surface area contributed by atoms with E-state index in [9.17, 15) is 4.79 Å². The van der Waals surface area contributed by atoms with E-state index < -0.39 is 0 Å². The second kappa shape index (κ2) is 194. The molecule has 7 aromatic carbocycles. The van der Waals surface area contributed by atoms with E-state index in [4.69, 9.17) is 13.3 Å². The van der Waals surface area contributed by atoms with Crippen molar-refractivity contribution in [1.82, 2.24) is 9.97 Å². The number of ketones is 1. The maximum absolute atomic E-state index is 11.1. The molecular weight excluding hydrogens is 4040 g/mol. The number of hydrogen-bond donors (Lipinski definition) is 0. The Morgan fingerprint density at radius 3 is 0.774 bits per heavy atom. The van der Waals surface area contributed by atoms with Gasteiger partial charge in [0.2, 0.25) is 0 Å². The van der Waals surface area contributed by atoms with Crippen LogP contribution in [0.5, 0.6) is 0 Å². The number of carbonyl (C=O) groups excluding carboxylic acids is 1. The minimum absolute atomic E-state index is 0. The Morgan fingerprint density at radius 2 is 0.522 bits per heavy atom. The Kier molecular flexibility index (Phi) is 489. The van der Waals surface area contributed by atoms with Gasteiger partial charge in [-0.15, -0.1) is 0 Å². The van der Waals surface area contributed by atoms with Crippen LogP contribution in [0.2, 0.25) is 0 Å². The maximum Gasteiger partial charge on any atom is 0.256 e. The molecule has 0 amide bonds. The van der Waals surface area contributed by atoms with Crippen LogP contribution in [-0.2, 0) is 1110 Å². The molecule has 0 N–H and O–H groups in total. The fraction of sp³-hybridized carbons (Fsp3) is 0.108. The van der Waals surface area contributed by atoms with Crippen molar-refractivity contribution in [3.8, 4) is 67.6 Å². The summed E-state index contributed by atoms with van der Waals surface area (Å²) in [5.41, 5.74) is 10.2. The Balaban J connectivity index is -0.0000000128.